The van der Waals surface area contributed by atoms with E-state index in [1.54, 1.807) is 24.3 Å². The molecule has 3 N–H and O–H groups in total. The van der Waals surface area contributed by atoms with Gasteiger partial charge < -0.3 is 5.73 Å². The van der Waals surface area contributed by atoms with Crippen molar-refractivity contribution in [2.45, 2.75) is 4.90 Å². The molecule has 0 heterocycles. The molecule has 0 atom stereocenters. The number of anilines is 2. The van der Waals surface area contributed by atoms with Crippen molar-refractivity contribution < 1.29 is 8.42 Å². The summed E-state index contributed by atoms with van der Waals surface area (Å²) in [5.74, 6) is 0. The van der Waals surface area contributed by atoms with E-state index in [9.17, 15) is 8.42 Å². The summed E-state index contributed by atoms with van der Waals surface area (Å²) < 4.78 is 27.5. The van der Waals surface area contributed by atoms with Crippen molar-refractivity contribution >= 4 is 48.9 Å². The van der Waals surface area contributed by atoms with Crippen molar-refractivity contribution in [2.24, 2.45) is 0 Å². The largest absolute Gasteiger partial charge is 0.397 e. The minimum atomic E-state index is -3.68. The molecule has 0 aliphatic rings. The Morgan fingerprint density at radius 1 is 1.16 bits per heavy atom. The molecular formula is C12H10BrClN2O2S. The van der Waals surface area contributed by atoms with Crippen LogP contribution in [0.4, 0.5) is 11.4 Å². The van der Waals surface area contributed by atoms with E-state index >= 15 is 0 Å². The lowest BCUT2D eigenvalue weighted by Gasteiger charge is -2.09. The fourth-order valence-electron chi connectivity index (χ4n) is 1.46. The van der Waals surface area contributed by atoms with Crippen molar-refractivity contribution in [1.29, 1.82) is 0 Å². The van der Waals surface area contributed by atoms with Crippen LogP contribution in [0.3, 0.4) is 0 Å². The predicted octanol–water partition coefficient (Wildman–Crippen LogP) is 3.49. The van der Waals surface area contributed by atoms with Crippen LogP contribution in [-0.2, 0) is 10.0 Å². The summed E-state index contributed by atoms with van der Waals surface area (Å²) in [7, 11) is -3.68. The molecule has 19 heavy (non-hydrogen) atoms. The maximum atomic E-state index is 12.2. The van der Waals surface area contributed by atoms with E-state index in [1.165, 1.54) is 18.2 Å². The molecule has 0 unspecified atom stereocenters. The van der Waals surface area contributed by atoms with Crippen LogP contribution in [0.5, 0.6) is 0 Å². The Hall–Kier alpha value is -1.24. The first-order chi connectivity index (χ1) is 8.88. The second-order valence-electron chi connectivity index (χ2n) is 3.80. The molecule has 0 radical (unpaired) electrons. The number of halogens is 2. The van der Waals surface area contributed by atoms with Crippen molar-refractivity contribution in [2.75, 3.05) is 10.5 Å². The number of nitrogens with two attached hydrogens (primary N) is 1. The van der Waals surface area contributed by atoms with Gasteiger partial charge in [0.2, 0.25) is 0 Å². The molecule has 100 valence electrons. The van der Waals surface area contributed by atoms with E-state index in [1.807, 2.05) is 0 Å². The summed E-state index contributed by atoms with van der Waals surface area (Å²) in [6.45, 7) is 0. The molecule has 4 nitrogen and oxygen atoms in total. The molecule has 2 rings (SSSR count). The zero-order valence-corrected chi connectivity index (χ0v) is 12.8. The van der Waals surface area contributed by atoms with Crippen molar-refractivity contribution in [3.8, 4) is 0 Å². The Balaban J connectivity index is 2.35. The Labute approximate surface area is 124 Å². The van der Waals surface area contributed by atoms with E-state index < -0.39 is 10.0 Å². The van der Waals surface area contributed by atoms with Crippen molar-refractivity contribution in [3.63, 3.8) is 0 Å². The topological polar surface area (TPSA) is 72.2 Å². The van der Waals surface area contributed by atoms with Gasteiger partial charge >= 0.3 is 0 Å². The third-order valence-electron chi connectivity index (χ3n) is 2.35. The highest BCUT2D eigenvalue weighted by Gasteiger charge is 2.15. The number of rotatable bonds is 3. The van der Waals surface area contributed by atoms with Gasteiger partial charge in [-0.25, -0.2) is 8.42 Å². The Kier molecular flexibility index (Phi) is 4.03. The van der Waals surface area contributed by atoms with Gasteiger partial charge in [0.05, 0.1) is 15.6 Å². The third-order valence-corrected chi connectivity index (χ3v) is 4.57. The molecule has 0 fully saturated rings. The van der Waals surface area contributed by atoms with Crippen LogP contribution in [0.25, 0.3) is 0 Å². The highest BCUT2D eigenvalue weighted by molar-refractivity contribution is 9.10. The first kappa shape index (κ1) is 14.2. The number of hydrogen-bond donors (Lipinski definition) is 2. The molecule has 7 heteroatoms. The minimum Gasteiger partial charge on any atom is -0.397 e. The summed E-state index contributed by atoms with van der Waals surface area (Å²) in [6, 6.07) is 11.0. The van der Waals surface area contributed by atoms with Crippen LogP contribution in [-0.4, -0.2) is 8.42 Å². The van der Waals surface area contributed by atoms with Crippen LogP contribution < -0.4 is 10.5 Å². The summed E-state index contributed by atoms with van der Waals surface area (Å²) in [5, 5.41) is 0.321. The van der Waals surface area contributed by atoms with E-state index in [0.29, 0.717) is 10.7 Å². The molecule has 0 saturated heterocycles. The van der Waals surface area contributed by atoms with Gasteiger partial charge in [-0.05, 0) is 36.4 Å². The highest BCUT2D eigenvalue weighted by atomic mass is 79.9. The first-order valence-corrected chi connectivity index (χ1v) is 7.87. The van der Waals surface area contributed by atoms with Gasteiger partial charge in [0.15, 0.2) is 0 Å². The van der Waals surface area contributed by atoms with Gasteiger partial charge in [-0.1, -0.05) is 33.6 Å². The molecular weight excluding hydrogens is 352 g/mol. The van der Waals surface area contributed by atoms with E-state index in [0.717, 1.165) is 4.47 Å². The number of hydrogen-bond acceptors (Lipinski definition) is 3. The monoisotopic (exact) mass is 360 g/mol. The fraction of sp³-hybridized carbons (Fsp3) is 0. The van der Waals surface area contributed by atoms with Crippen LogP contribution >= 0.6 is 27.5 Å². The number of sulfonamides is 1. The minimum absolute atomic E-state index is 0.0642. The van der Waals surface area contributed by atoms with E-state index in [-0.39, 0.29) is 10.6 Å². The quantitative estimate of drug-likeness (QED) is 0.822. The van der Waals surface area contributed by atoms with Crippen LogP contribution in [0, 0.1) is 0 Å². The Morgan fingerprint density at radius 2 is 1.89 bits per heavy atom. The van der Waals surface area contributed by atoms with Gasteiger partial charge in [0, 0.05) is 10.2 Å². The van der Waals surface area contributed by atoms with Gasteiger partial charge in [-0.2, -0.15) is 0 Å². The van der Waals surface area contributed by atoms with Gasteiger partial charge in [0.25, 0.3) is 10.0 Å². The molecule has 0 aliphatic carbocycles. The zero-order chi connectivity index (χ0) is 14.0. The summed E-state index contributed by atoms with van der Waals surface area (Å²) >= 11 is 9.04. The van der Waals surface area contributed by atoms with Gasteiger partial charge in [0.1, 0.15) is 0 Å². The van der Waals surface area contributed by atoms with E-state index in [4.69, 9.17) is 17.3 Å². The molecule has 0 amide bonds. The lowest BCUT2D eigenvalue weighted by molar-refractivity contribution is 0.601. The summed E-state index contributed by atoms with van der Waals surface area (Å²) in [5.41, 5.74) is 6.29. The average molecular weight is 362 g/mol. The molecule has 0 aromatic heterocycles. The third kappa shape index (κ3) is 3.40. The van der Waals surface area contributed by atoms with Crippen LogP contribution in [0.1, 0.15) is 0 Å². The fourth-order valence-corrected chi connectivity index (χ4v) is 3.06. The number of benzene rings is 2. The molecule has 0 bridgehead atoms. The maximum Gasteiger partial charge on any atom is 0.261 e. The second kappa shape index (κ2) is 5.40. The Bertz CT molecular complexity index is 719. The first-order valence-electron chi connectivity index (χ1n) is 5.22. The highest BCUT2D eigenvalue weighted by Crippen LogP contribution is 2.24. The molecule has 2 aromatic rings. The van der Waals surface area contributed by atoms with Gasteiger partial charge in [-0.3, -0.25) is 4.72 Å². The normalized spacial score (nSPS) is 11.3. The molecule has 2 aromatic carbocycles. The summed E-state index contributed by atoms with van der Waals surface area (Å²) in [6.07, 6.45) is 0. The van der Waals surface area contributed by atoms with Gasteiger partial charge in [-0.15, -0.1) is 0 Å². The van der Waals surface area contributed by atoms with E-state index in [2.05, 4.69) is 20.7 Å². The number of nitrogens with one attached hydrogen (secondary N) is 1. The van der Waals surface area contributed by atoms with Crippen molar-refractivity contribution in [1.82, 2.24) is 0 Å². The van der Waals surface area contributed by atoms with Crippen LogP contribution in [0.15, 0.2) is 51.8 Å². The Morgan fingerprint density at radius 3 is 2.53 bits per heavy atom. The molecule has 0 aliphatic heterocycles. The predicted molar refractivity (Wildman–Crippen MR) is 80.8 cm³/mol. The van der Waals surface area contributed by atoms with Crippen molar-refractivity contribution in [3.05, 3.63) is 52.0 Å². The average Bonchev–Trinajstić information content (AvgIpc) is 2.32. The summed E-state index contributed by atoms with van der Waals surface area (Å²) in [4.78, 5) is 0.0642. The van der Waals surface area contributed by atoms with Crippen LogP contribution in [0.2, 0.25) is 5.02 Å². The number of nitrogen functional groups attached to an aromatic ring is 1. The molecule has 0 saturated carbocycles. The standard InChI is InChI=1S/C12H10BrClN2O2S/c13-8-2-1-3-9(6-8)16-19(17,18)10-4-5-11(14)12(15)7-10/h1-7,16H,15H2. The molecule has 0 spiro atoms. The second-order valence-corrected chi connectivity index (χ2v) is 6.80. The SMILES string of the molecule is Nc1cc(S(=O)(=O)Nc2cccc(Br)c2)ccc1Cl. The maximum absolute atomic E-state index is 12.2. The zero-order valence-electron chi connectivity index (χ0n) is 9.60. The smallest absolute Gasteiger partial charge is 0.261 e. The lowest BCUT2D eigenvalue weighted by Crippen LogP contribution is -2.13. The lowest BCUT2D eigenvalue weighted by atomic mass is 10.3.